The van der Waals surface area contributed by atoms with Gasteiger partial charge in [0, 0.05) is 25.7 Å². The number of aliphatic hydroxyl groups excluding tert-OH is 1. The summed E-state index contributed by atoms with van der Waals surface area (Å²) in [4.78, 5) is 72.8. The van der Waals surface area contributed by atoms with Crippen molar-refractivity contribution in [3.8, 4) is 0 Å². The van der Waals surface area contributed by atoms with Crippen molar-refractivity contribution in [2.45, 2.75) is 432 Å². The number of carbonyl (C=O) groups is 4. The van der Waals surface area contributed by atoms with Crippen LogP contribution in [-0.2, 0) is 65.4 Å². The molecule has 0 heterocycles. The van der Waals surface area contributed by atoms with Crippen LogP contribution < -0.4 is 0 Å². The van der Waals surface area contributed by atoms with Gasteiger partial charge in [-0.1, -0.05) is 362 Å². The predicted molar refractivity (Wildman–Crippen MR) is 395 cm³/mol. The minimum Gasteiger partial charge on any atom is -0.462 e. The van der Waals surface area contributed by atoms with Gasteiger partial charge in [-0.15, -0.1) is 0 Å². The van der Waals surface area contributed by atoms with Crippen LogP contribution in [-0.4, -0.2) is 96.7 Å². The van der Waals surface area contributed by atoms with Gasteiger partial charge in [-0.3, -0.25) is 37.3 Å². The van der Waals surface area contributed by atoms with E-state index in [9.17, 15) is 43.2 Å². The highest BCUT2D eigenvalue weighted by Gasteiger charge is 2.30. The molecular formula is C78H152O17P2. The molecule has 0 aliphatic rings. The second-order valence-corrected chi connectivity index (χ2v) is 31.3. The number of phosphoric acid groups is 2. The van der Waals surface area contributed by atoms with E-state index in [1.807, 2.05) is 0 Å². The molecule has 3 unspecified atom stereocenters. The molecule has 576 valence electrons. The Labute approximate surface area is 594 Å². The Morgan fingerprint density at radius 1 is 0.289 bits per heavy atom. The van der Waals surface area contributed by atoms with Gasteiger partial charge in [-0.05, 0) is 31.6 Å². The van der Waals surface area contributed by atoms with Crippen LogP contribution in [0.1, 0.15) is 413 Å². The molecule has 0 fully saturated rings. The van der Waals surface area contributed by atoms with Gasteiger partial charge in [0.25, 0.3) is 0 Å². The minimum absolute atomic E-state index is 0.107. The van der Waals surface area contributed by atoms with E-state index < -0.39 is 97.5 Å². The largest absolute Gasteiger partial charge is 0.472 e. The molecule has 0 aliphatic carbocycles. The molecular weight excluding hydrogens is 1270 g/mol. The normalized spacial score (nSPS) is 14.2. The van der Waals surface area contributed by atoms with E-state index in [1.54, 1.807) is 0 Å². The molecule has 0 aromatic carbocycles. The maximum absolute atomic E-state index is 13.1. The lowest BCUT2D eigenvalue weighted by molar-refractivity contribution is -0.161. The maximum Gasteiger partial charge on any atom is 0.472 e. The SMILES string of the molecule is CCCCCCCCCCCCCCCCCCCCCCC(=O)O[C@H](COC(=O)CCCCCCCCCCCCCCCCC(C)CC)COP(=O)(O)OC[C@@H](O)COP(=O)(O)OC[C@@H](COC(=O)CCCCCCCCCC)OC(=O)CCCCCCCCCCCCC. The molecule has 0 aromatic rings. The lowest BCUT2D eigenvalue weighted by Gasteiger charge is -2.21. The Hall–Kier alpha value is -1.94. The Morgan fingerprint density at radius 3 is 0.732 bits per heavy atom. The van der Waals surface area contributed by atoms with E-state index >= 15 is 0 Å². The van der Waals surface area contributed by atoms with Crippen LogP contribution in [0.25, 0.3) is 0 Å². The molecule has 0 saturated carbocycles. The second kappa shape index (κ2) is 71.1. The lowest BCUT2D eigenvalue weighted by Crippen LogP contribution is -2.30. The van der Waals surface area contributed by atoms with E-state index in [0.29, 0.717) is 25.7 Å². The van der Waals surface area contributed by atoms with Crippen LogP contribution in [0.3, 0.4) is 0 Å². The molecule has 0 spiro atoms. The van der Waals surface area contributed by atoms with Gasteiger partial charge in [-0.25, -0.2) is 9.13 Å². The van der Waals surface area contributed by atoms with Crippen molar-refractivity contribution < 1.29 is 80.2 Å². The number of phosphoric ester groups is 2. The maximum atomic E-state index is 13.1. The van der Waals surface area contributed by atoms with E-state index in [0.717, 1.165) is 102 Å². The van der Waals surface area contributed by atoms with Gasteiger partial charge in [0.2, 0.25) is 0 Å². The molecule has 6 atom stereocenters. The van der Waals surface area contributed by atoms with Crippen LogP contribution >= 0.6 is 15.6 Å². The first-order valence-electron chi connectivity index (χ1n) is 40.7. The first-order valence-corrected chi connectivity index (χ1v) is 43.7. The molecule has 0 bridgehead atoms. The van der Waals surface area contributed by atoms with Gasteiger partial charge in [0.1, 0.15) is 19.3 Å². The minimum atomic E-state index is -4.96. The molecule has 0 amide bonds. The lowest BCUT2D eigenvalue weighted by atomic mass is 9.99. The highest BCUT2D eigenvalue weighted by Crippen LogP contribution is 2.45. The smallest absolute Gasteiger partial charge is 0.462 e. The number of carbonyl (C=O) groups excluding carboxylic acids is 4. The Morgan fingerprint density at radius 2 is 0.495 bits per heavy atom. The summed E-state index contributed by atoms with van der Waals surface area (Å²) in [5, 5.41) is 10.6. The third-order valence-corrected chi connectivity index (χ3v) is 20.5. The fraction of sp³-hybridized carbons (Fsp3) is 0.949. The number of esters is 4. The van der Waals surface area contributed by atoms with E-state index in [4.69, 9.17) is 37.0 Å². The van der Waals surface area contributed by atoms with Crippen molar-refractivity contribution in [3.63, 3.8) is 0 Å². The Bertz CT molecular complexity index is 1860. The van der Waals surface area contributed by atoms with Gasteiger partial charge in [0.15, 0.2) is 12.2 Å². The van der Waals surface area contributed by atoms with Crippen molar-refractivity contribution in [3.05, 3.63) is 0 Å². The first kappa shape index (κ1) is 95.1. The molecule has 0 aromatic heterocycles. The van der Waals surface area contributed by atoms with Crippen LogP contribution in [0.5, 0.6) is 0 Å². The van der Waals surface area contributed by atoms with Gasteiger partial charge >= 0.3 is 39.5 Å². The third kappa shape index (κ3) is 70.9. The third-order valence-electron chi connectivity index (χ3n) is 18.6. The van der Waals surface area contributed by atoms with E-state index in [1.165, 1.54) is 231 Å². The summed E-state index contributed by atoms with van der Waals surface area (Å²) >= 11 is 0. The van der Waals surface area contributed by atoms with Crippen molar-refractivity contribution in [2.75, 3.05) is 39.6 Å². The molecule has 0 aliphatic heterocycles. The zero-order chi connectivity index (χ0) is 71.2. The zero-order valence-corrected chi connectivity index (χ0v) is 65.0. The Kier molecular flexibility index (Phi) is 69.6. The molecule has 19 heteroatoms. The van der Waals surface area contributed by atoms with E-state index in [2.05, 4.69) is 34.6 Å². The summed E-state index contributed by atoms with van der Waals surface area (Å²) in [5.41, 5.74) is 0. The van der Waals surface area contributed by atoms with Gasteiger partial charge < -0.3 is 33.8 Å². The number of aliphatic hydroxyl groups is 1. The standard InChI is InChI=1S/C78H152O17P2/c1-6-10-13-16-19-22-24-25-26-27-28-29-30-31-36-40-44-49-54-59-64-78(83)95-74(68-89-76(81)62-57-52-47-42-39-35-33-32-34-38-41-45-50-55-60-71(5)9-4)70-93-97(86,87)91-66-72(79)65-90-96(84,85)92-69-73(67-88-75(80)61-56-51-46-21-18-15-12-8-3)94-77(82)63-58-53-48-43-37-23-20-17-14-11-7-2/h71-74,79H,6-70H2,1-5H3,(H,84,85)(H,86,87)/t71?,72-,73+,74+/m0/s1. The summed E-state index contributed by atoms with van der Waals surface area (Å²) in [5.74, 6) is -1.26. The molecule has 17 nitrogen and oxygen atoms in total. The van der Waals surface area contributed by atoms with Crippen molar-refractivity contribution in [1.82, 2.24) is 0 Å². The number of unbranched alkanes of at least 4 members (excludes halogenated alkanes) is 49. The summed E-state index contributed by atoms with van der Waals surface area (Å²) < 4.78 is 68.5. The molecule has 0 saturated heterocycles. The molecule has 97 heavy (non-hydrogen) atoms. The van der Waals surface area contributed by atoms with Crippen molar-refractivity contribution in [2.24, 2.45) is 5.92 Å². The van der Waals surface area contributed by atoms with E-state index in [-0.39, 0.29) is 25.7 Å². The van der Waals surface area contributed by atoms with Crippen LogP contribution in [0.4, 0.5) is 0 Å². The van der Waals surface area contributed by atoms with Crippen LogP contribution in [0.2, 0.25) is 0 Å². The summed E-state index contributed by atoms with van der Waals surface area (Å²) in [6.07, 6.45) is 61.1. The summed E-state index contributed by atoms with van der Waals surface area (Å²) in [6, 6.07) is 0. The first-order chi connectivity index (χ1) is 47.1. The molecule has 0 rings (SSSR count). The average Bonchev–Trinajstić information content (AvgIpc) is 1.76. The van der Waals surface area contributed by atoms with Crippen molar-refractivity contribution >= 4 is 39.5 Å². The van der Waals surface area contributed by atoms with Crippen LogP contribution in [0, 0.1) is 5.92 Å². The summed E-state index contributed by atoms with van der Waals surface area (Å²) in [7, 11) is -9.91. The average molecular weight is 1420 g/mol. The number of hydrogen-bond acceptors (Lipinski definition) is 15. The molecule has 3 N–H and O–H groups in total. The highest BCUT2D eigenvalue weighted by molar-refractivity contribution is 7.47. The fourth-order valence-corrected chi connectivity index (χ4v) is 13.6. The van der Waals surface area contributed by atoms with Crippen molar-refractivity contribution in [1.29, 1.82) is 0 Å². The Balaban J connectivity index is 5.18. The van der Waals surface area contributed by atoms with Gasteiger partial charge in [0.05, 0.1) is 26.4 Å². The number of rotatable bonds is 78. The van der Waals surface area contributed by atoms with Gasteiger partial charge in [-0.2, -0.15) is 0 Å². The number of ether oxygens (including phenoxy) is 4. The quantitative estimate of drug-likeness (QED) is 0.0222. The van der Waals surface area contributed by atoms with Crippen LogP contribution in [0.15, 0.2) is 0 Å². The monoisotopic (exact) mass is 1420 g/mol. The highest BCUT2D eigenvalue weighted by atomic mass is 31.2. The zero-order valence-electron chi connectivity index (χ0n) is 63.2. The molecule has 0 radical (unpaired) electrons. The predicted octanol–water partition coefficient (Wildman–Crippen LogP) is 23.3. The summed E-state index contributed by atoms with van der Waals surface area (Å²) in [6.45, 7) is 7.33. The number of hydrogen-bond donors (Lipinski definition) is 3. The second-order valence-electron chi connectivity index (χ2n) is 28.3. The topological polar surface area (TPSA) is 237 Å². The fourth-order valence-electron chi connectivity index (χ4n) is 12.0.